The number of aromatic nitrogens is 3. The highest BCUT2D eigenvalue weighted by molar-refractivity contribution is 6.01. The highest BCUT2D eigenvalue weighted by Gasteiger charge is 2.32. The molecular weight excluding hydrogens is 657 g/mol. The van der Waals surface area contributed by atoms with Crippen LogP contribution in [0.25, 0.3) is 10.9 Å². The fourth-order valence-electron chi connectivity index (χ4n) is 5.31. The van der Waals surface area contributed by atoms with Crippen LogP contribution in [0.3, 0.4) is 0 Å². The molecule has 1 amide bonds. The predicted molar refractivity (Wildman–Crippen MR) is 202 cm³/mol. The van der Waals surface area contributed by atoms with Crippen LogP contribution in [0, 0.1) is 18.6 Å². The maximum atomic E-state index is 15.2. The molecule has 0 saturated carbocycles. The lowest BCUT2D eigenvalue weighted by atomic mass is 9.89. The van der Waals surface area contributed by atoms with Gasteiger partial charge >= 0.3 is 0 Å². The number of nitrogens with two attached hydrogens (primary N) is 1. The van der Waals surface area contributed by atoms with Gasteiger partial charge in [0.1, 0.15) is 17.7 Å². The minimum absolute atomic E-state index is 0.0261. The number of aryl methyl sites for hydroxylation is 1. The average molecular weight is 711 g/mol. The smallest absolute Gasteiger partial charge is 0.260 e. The van der Waals surface area contributed by atoms with Crippen LogP contribution in [0.15, 0.2) is 78.6 Å². The second kappa shape index (κ2) is 19.6. The van der Waals surface area contributed by atoms with Crippen LogP contribution in [0.5, 0.6) is 11.6 Å². The fraction of sp³-hybridized carbons (Fsp3) is 0.395. The van der Waals surface area contributed by atoms with E-state index < -0.39 is 23.4 Å². The molecule has 13 heteroatoms. The van der Waals surface area contributed by atoms with Crippen molar-refractivity contribution in [3.63, 3.8) is 0 Å². The van der Waals surface area contributed by atoms with E-state index in [1.807, 2.05) is 33.8 Å². The summed E-state index contributed by atoms with van der Waals surface area (Å²) in [6.07, 6.45) is 9.83. The maximum Gasteiger partial charge on any atom is 0.260 e. The maximum absolute atomic E-state index is 15.2. The number of benzene rings is 1. The van der Waals surface area contributed by atoms with E-state index in [1.165, 1.54) is 26.5 Å². The van der Waals surface area contributed by atoms with Gasteiger partial charge in [-0.25, -0.2) is 23.1 Å². The van der Waals surface area contributed by atoms with Crippen LogP contribution < -0.4 is 21.1 Å². The number of nitrogens with one attached hydrogen (secondary N) is 3. The number of rotatable bonds is 8. The summed E-state index contributed by atoms with van der Waals surface area (Å²) in [5.41, 5.74) is 7.16. The number of hydrogen-bond donors (Lipinski definition) is 4. The van der Waals surface area contributed by atoms with E-state index in [0.717, 1.165) is 49.9 Å². The molecule has 0 spiro atoms. The van der Waals surface area contributed by atoms with E-state index in [0.29, 0.717) is 11.3 Å². The van der Waals surface area contributed by atoms with E-state index in [1.54, 1.807) is 13.0 Å². The van der Waals surface area contributed by atoms with Crippen LogP contribution in [-0.4, -0.2) is 83.5 Å². The van der Waals surface area contributed by atoms with Crippen molar-refractivity contribution in [3.8, 4) is 11.6 Å². The third kappa shape index (κ3) is 11.1. The Kier molecular flexibility index (Phi) is 16.3. The van der Waals surface area contributed by atoms with Gasteiger partial charge in [-0.1, -0.05) is 50.8 Å². The zero-order valence-electron chi connectivity index (χ0n) is 31.3. The van der Waals surface area contributed by atoms with Crippen molar-refractivity contribution in [1.82, 2.24) is 30.1 Å². The molecule has 0 radical (unpaired) electrons. The van der Waals surface area contributed by atoms with Gasteiger partial charge in [-0.3, -0.25) is 9.69 Å². The first-order chi connectivity index (χ1) is 24.2. The van der Waals surface area contributed by atoms with Crippen LogP contribution in [0.2, 0.25) is 0 Å². The topological polar surface area (TPSA) is 124 Å². The first kappa shape index (κ1) is 42.4. The lowest BCUT2D eigenvalue weighted by Crippen LogP contribution is -2.54. The minimum Gasteiger partial charge on any atom is -0.435 e. The molecule has 5 rings (SSSR count). The molecule has 1 aliphatic carbocycles. The van der Waals surface area contributed by atoms with E-state index in [2.05, 4.69) is 80.4 Å². The largest absolute Gasteiger partial charge is 0.435 e. The Bertz CT molecular complexity index is 1770. The molecule has 1 atom stereocenters. The molecule has 1 aromatic carbocycles. The van der Waals surface area contributed by atoms with Crippen molar-refractivity contribution in [2.75, 3.05) is 52.6 Å². The number of carbonyl (C=O) groups excluding carboxylic acids is 1. The van der Waals surface area contributed by atoms with Gasteiger partial charge in [0.2, 0.25) is 5.88 Å². The van der Waals surface area contributed by atoms with E-state index in [9.17, 15) is 13.6 Å². The molecule has 1 fully saturated rings. The zero-order chi connectivity index (χ0) is 38.5. The van der Waals surface area contributed by atoms with Crippen molar-refractivity contribution >= 4 is 22.6 Å². The Morgan fingerprint density at radius 3 is 2.29 bits per heavy atom. The van der Waals surface area contributed by atoms with Gasteiger partial charge in [0.15, 0.2) is 23.2 Å². The van der Waals surface area contributed by atoms with Gasteiger partial charge in [0.05, 0.1) is 5.52 Å². The number of ether oxygens (including phenoxy) is 1. The predicted octanol–water partition coefficient (Wildman–Crippen LogP) is 7.55. The Hall–Kier alpha value is -4.72. The molecule has 1 aliphatic heterocycles. The number of amides is 1. The number of allylic oxidation sites excluding steroid dienone is 5. The van der Waals surface area contributed by atoms with Gasteiger partial charge in [0, 0.05) is 67.2 Å². The Morgan fingerprint density at radius 1 is 1.12 bits per heavy atom. The fourth-order valence-corrected chi connectivity index (χ4v) is 5.31. The summed E-state index contributed by atoms with van der Waals surface area (Å²) in [7, 11) is 5.09. The number of aromatic amines is 1. The highest BCUT2D eigenvalue weighted by Crippen LogP contribution is 2.35. The summed E-state index contributed by atoms with van der Waals surface area (Å²) in [6.45, 7) is 22.3. The quantitative estimate of drug-likeness (QED) is 0.177. The van der Waals surface area contributed by atoms with Gasteiger partial charge in [-0.05, 0) is 60.4 Å². The summed E-state index contributed by atoms with van der Waals surface area (Å²) in [6, 6.07) is 2.42. The highest BCUT2D eigenvalue weighted by atomic mass is 19.1. The van der Waals surface area contributed by atoms with E-state index in [-0.39, 0.29) is 39.5 Å². The van der Waals surface area contributed by atoms with Gasteiger partial charge < -0.3 is 31.0 Å². The molecule has 1 unspecified atom stereocenters. The lowest BCUT2D eigenvalue weighted by molar-refractivity contribution is 0.0801. The van der Waals surface area contributed by atoms with Gasteiger partial charge in [-0.2, -0.15) is 0 Å². The van der Waals surface area contributed by atoms with Crippen LogP contribution in [-0.2, 0) is 0 Å². The Balaban J connectivity index is 0.000000600. The van der Waals surface area contributed by atoms with Crippen molar-refractivity contribution in [1.29, 1.82) is 0 Å². The van der Waals surface area contributed by atoms with Crippen molar-refractivity contribution < 1.29 is 22.7 Å². The molecule has 1 saturated heterocycles. The van der Waals surface area contributed by atoms with Crippen LogP contribution in [0.1, 0.15) is 57.1 Å². The second-order valence-electron chi connectivity index (χ2n) is 12.1. The monoisotopic (exact) mass is 710 g/mol. The average Bonchev–Trinajstić information content (AvgIpc) is 3.52. The molecule has 278 valence electrons. The summed E-state index contributed by atoms with van der Waals surface area (Å²) >= 11 is 0. The van der Waals surface area contributed by atoms with E-state index >= 15 is 4.39 Å². The molecular formula is C38H53F3N8O2. The summed E-state index contributed by atoms with van der Waals surface area (Å²) in [4.78, 5) is 28.8. The van der Waals surface area contributed by atoms with Crippen molar-refractivity contribution in [3.05, 3.63) is 101 Å². The number of anilines is 1. The van der Waals surface area contributed by atoms with Crippen LogP contribution >= 0.6 is 0 Å². The molecule has 2 aliphatic rings. The molecule has 3 aromatic rings. The number of nitrogens with zero attached hydrogens (tertiary/aromatic N) is 4. The Morgan fingerprint density at radius 2 is 1.76 bits per heavy atom. The molecule has 5 N–H and O–H groups in total. The SMILES string of the molecule is C=C(F)C(=C)C=C(C)C.CC.CN.CNC(=O)c1c(NC2=CCC(C)(N3CCN(C)CC3)C=C2)ncnc1Oc1cc(F)c2[nH]c(C)cc2c1F. The van der Waals surface area contributed by atoms with Crippen LogP contribution in [0.4, 0.5) is 19.0 Å². The van der Waals surface area contributed by atoms with Crippen molar-refractivity contribution in [2.45, 2.75) is 53.5 Å². The summed E-state index contributed by atoms with van der Waals surface area (Å²) in [5, 5.41) is 5.77. The normalized spacial score (nSPS) is 16.9. The molecule has 10 nitrogen and oxygen atoms in total. The number of H-pyrrole nitrogens is 1. The number of piperazine rings is 1. The minimum atomic E-state index is -0.761. The number of halogens is 3. The van der Waals surface area contributed by atoms with Gasteiger partial charge in [0.25, 0.3) is 5.91 Å². The first-order valence-corrected chi connectivity index (χ1v) is 16.8. The van der Waals surface area contributed by atoms with Crippen molar-refractivity contribution in [2.24, 2.45) is 5.73 Å². The number of hydrogen-bond acceptors (Lipinski definition) is 8. The standard InChI is InChI=1S/C27H31F2N7O2.C8H11F.C2H6.CH5N/c1-16-13-18-22(29)20(14-19(28)23(18)33-16)38-26-21(25(37)30-3)24(31-15-32-26)34-17-5-7-27(2,8-6-17)36-11-9-35(4)10-12-36;1-6(2)5-7(3)8(4)9;2*1-2/h5-7,13-15,33H,8-12H2,1-4H3,(H,30,37)(H,31,32,34);5H,3-4H2,1-2H3;1-2H3;2H2,1H3. The van der Waals surface area contributed by atoms with Gasteiger partial charge in [-0.15, -0.1) is 0 Å². The zero-order valence-corrected chi connectivity index (χ0v) is 31.3. The summed E-state index contributed by atoms with van der Waals surface area (Å²) in [5.74, 6) is -2.84. The van der Waals surface area contributed by atoms with E-state index in [4.69, 9.17) is 4.74 Å². The molecule has 51 heavy (non-hydrogen) atoms. The summed E-state index contributed by atoms with van der Waals surface area (Å²) < 4.78 is 47.6. The molecule has 3 heterocycles. The second-order valence-corrected chi connectivity index (χ2v) is 12.1. The molecule has 0 bridgehead atoms. The first-order valence-electron chi connectivity index (χ1n) is 16.8. The third-order valence-electron chi connectivity index (χ3n) is 8.03. The molecule has 2 aromatic heterocycles. The number of fused-ring (bicyclic) bond motifs is 1. The number of carbonyl (C=O) groups is 1. The lowest BCUT2D eigenvalue weighted by Gasteiger charge is -2.44. The third-order valence-corrected chi connectivity index (χ3v) is 8.03. The number of likely N-dealkylation sites (N-methyl/N-ethyl adjacent to an activating group) is 1. The Labute approximate surface area is 300 Å².